The molecule has 4 heteroatoms. The van der Waals surface area contributed by atoms with Crippen LogP contribution in [0.5, 0.6) is 11.5 Å². The van der Waals surface area contributed by atoms with E-state index in [9.17, 15) is 10.2 Å². The summed E-state index contributed by atoms with van der Waals surface area (Å²) < 4.78 is 5.50. The summed E-state index contributed by atoms with van der Waals surface area (Å²) in [6, 6.07) is 13.0. The number of aliphatic hydroxyl groups excluding tert-OH is 1. The highest BCUT2D eigenvalue weighted by molar-refractivity contribution is 6.32. The number of phenols is 1. The number of hydrogen-bond donors (Lipinski definition) is 2. The summed E-state index contributed by atoms with van der Waals surface area (Å²) in [5.74, 6) is 0.389. The van der Waals surface area contributed by atoms with Crippen LogP contribution in [0.25, 0.3) is 5.57 Å². The zero-order valence-electron chi connectivity index (χ0n) is 11.5. The van der Waals surface area contributed by atoms with Gasteiger partial charge in [-0.2, -0.15) is 0 Å². The van der Waals surface area contributed by atoms with Crippen molar-refractivity contribution >= 4 is 17.2 Å². The van der Waals surface area contributed by atoms with Gasteiger partial charge in [0.25, 0.3) is 0 Å². The van der Waals surface area contributed by atoms with Crippen LogP contribution in [0.15, 0.2) is 48.0 Å². The molecule has 0 spiro atoms. The fraction of sp³-hybridized carbons (Fsp3) is 0.176. The fourth-order valence-electron chi connectivity index (χ4n) is 2.52. The number of fused-ring (bicyclic) bond motifs is 1. The predicted octanol–water partition coefficient (Wildman–Crippen LogP) is 3.77. The highest BCUT2D eigenvalue weighted by Crippen LogP contribution is 2.41. The topological polar surface area (TPSA) is 49.7 Å². The maximum Gasteiger partial charge on any atom is 0.221 e. The summed E-state index contributed by atoms with van der Waals surface area (Å²) in [6.45, 7) is 1.93. The largest absolute Gasteiger partial charge is 0.506 e. The molecule has 0 fully saturated rings. The Morgan fingerprint density at radius 2 is 1.90 bits per heavy atom. The van der Waals surface area contributed by atoms with Crippen LogP contribution in [0.4, 0.5) is 0 Å². The lowest BCUT2D eigenvalue weighted by Crippen LogP contribution is -2.25. The van der Waals surface area contributed by atoms with Gasteiger partial charge in [-0.3, -0.25) is 0 Å². The maximum atomic E-state index is 10.2. The number of hydrogen-bond acceptors (Lipinski definition) is 3. The zero-order valence-corrected chi connectivity index (χ0v) is 12.3. The molecule has 0 aromatic heterocycles. The van der Waals surface area contributed by atoms with E-state index in [0.29, 0.717) is 12.2 Å². The first-order valence-electron chi connectivity index (χ1n) is 6.67. The summed E-state index contributed by atoms with van der Waals surface area (Å²) in [6.07, 6.45) is -0.413. The molecular formula is C17H15ClO3. The van der Waals surface area contributed by atoms with Crippen molar-refractivity contribution in [3.8, 4) is 11.5 Å². The smallest absolute Gasteiger partial charge is 0.221 e. The van der Waals surface area contributed by atoms with Crippen molar-refractivity contribution in [2.45, 2.75) is 19.6 Å². The molecule has 3 nitrogen and oxygen atoms in total. The number of halogens is 1. The molecule has 1 unspecified atom stereocenters. The van der Waals surface area contributed by atoms with E-state index in [2.05, 4.69) is 0 Å². The summed E-state index contributed by atoms with van der Waals surface area (Å²) in [7, 11) is 0. The fourth-order valence-corrected chi connectivity index (χ4v) is 2.68. The van der Waals surface area contributed by atoms with Gasteiger partial charge in [0.05, 0.1) is 5.02 Å². The van der Waals surface area contributed by atoms with Crippen LogP contribution in [-0.2, 0) is 6.42 Å². The SMILES string of the molecule is CC1=C(Cc2ccccc2)C(O)Oc2cc(O)c(Cl)cc21. The van der Waals surface area contributed by atoms with Gasteiger partial charge in [0.1, 0.15) is 11.5 Å². The van der Waals surface area contributed by atoms with Crippen molar-refractivity contribution in [1.82, 2.24) is 0 Å². The first kappa shape index (κ1) is 14.0. The van der Waals surface area contributed by atoms with E-state index in [1.165, 1.54) is 6.07 Å². The Hall–Kier alpha value is -1.97. The predicted molar refractivity (Wildman–Crippen MR) is 82.5 cm³/mol. The van der Waals surface area contributed by atoms with Crippen molar-refractivity contribution < 1.29 is 14.9 Å². The molecule has 0 amide bonds. The highest BCUT2D eigenvalue weighted by Gasteiger charge is 2.26. The zero-order chi connectivity index (χ0) is 15.0. The van der Waals surface area contributed by atoms with Gasteiger partial charge in [0.2, 0.25) is 6.29 Å². The second-order valence-corrected chi connectivity index (χ2v) is 5.49. The standard InChI is InChI=1S/C17H15ClO3/c1-10-12-8-14(18)15(19)9-16(12)21-17(20)13(10)7-11-5-3-2-4-6-11/h2-6,8-9,17,19-20H,7H2,1H3. The van der Waals surface area contributed by atoms with E-state index in [4.69, 9.17) is 16.3 Å². The second kappa shape index (κ2) is 5.43. The van der Waals surface area contributed by atoms with Gasteiger partial charge in [-0.1, -0.05) is 41.9 Å². The van der Waals surface area contributed by atoms with Gasteiger partial charge in [-0.05, 0) is 24.1 Å². The summed E-state index contributed by atoms with van der Waals surface area (Å²) in [5.41, 5.74) is 3.63. The monoisotopic (exact) mass is 302 g/mol. The molecule has 21 heavy (non-hydrogen) atoms. The third kappa shape index (κ3) is 2.62. The van der Waals surface area contributed by atoms with Crippen LogP contribution in [0.2, 0.25) is 5.02 Å². The molecule has 1 atom stereocenters. The Balaban J connectivity index is 2.04. The summed E-state index contributed by atoms with van der Waals surface area (Å²) >= 11 is 5.96. The van der Waals surface area contributed by atoms with Crippen molar-refractivity contribution in [3.63, 3.8) is 0 Å². The normalized spacial score (nSPS) is 17.4. The number of allylic oxidation sites excluding steroid dienone is 1. The number of ether oxygens (including phenoxy) is 1. The number of benzene rings is 2. The van der Waals surface area contributed by atoms with Crippen LogP contribution in [0.3, 0.4) is 0 Å². The molecule has 1 aliphatic rings. The van der Waals surface area contributed by atoms with Crippen LogP contribution in [0.1, 0.15) is 18.1 Å². The summed E-state index contributed by atoms with van der Waals surface area (Å²) in [5, 5.41) is 20.1. The lowest BCUT2D eigenvalue weighted by atomic mass is 9.93. The first-order valence-corrected chi connectivity index (χ1v) is 7.05. The molecule has 2 aromatic rings. The van der Waals surface area contributed by atoms with Crippen LogP contribution in [0, 0.1) is 0 Å². The minimum atomic E-state index is -1.02. The first-order chi connectivity index (χ1) is 10.1. The Kier molecular flexibility index (Phi) is 3.62. The average molecular weight is 303 g/mol. The van der Waals surface area contributed by atoms with Crippen LogP contribution >= 0.6 is 11.6 Å². The minimum Gasteiger partial charge on any atom is -0.506 e. The third-order valence-corrected chi connectivity index (χ3v) is 4.01. The quantitative estimate of drug-likeness (QED) is 0.888. The molecule has 0 bridgehead atoms. The third-order valence-electron chi connectivity index (χ3n) is 3.71. The molecule has 1 aliphatic heterocycles. The number of phenolic OH excluding ortho intramolecular Hbond substituents is 1. The number of aliphatic hydroxyl groups is 1. The maximum absolute atomic E-state index is 10.2. The molecule has 0 saturated carbocycles. The molecular weight excluding hydrogens is 288 g/mol. The molecule has 0 radical (unpaired) electrons. The van der Waals surface area contributed by atoms with Crippen LogP contribution in [-0.4, -0.2) is 16.5 Å². The Bertz CT molecular complexity index is 707. The number of rotatable bonds is 2. The minimum absolute atomic E-state index is 0.0538. The average Bonchev–Trinajstić information content (AvgIpc) is 2.47. The lowest BCUT2D eigenvalue weighted by Gasteiger charge is -2.27. The van der Waals surface area contributed by atoms with E-state index >= 15 is 0 Å². The lowest BCUT2D eigenvalue weighted by molar-refractivity contribution is 0.0103. The Labute approximate surface area is 128 Å². The van der Waals surface area contributed by atoms with Crippen LogP contribution < -0.4 is 4.74 Å². The van der Waals surface area contributed by atoms with Gasteiger partial charge in [0.15, 0.2) is 0 Å². The van der Waals surface area contributed by atoms with E-state index in [0.717, 1.165) is 22.3 Å². The molecule has 0 aliphatic carbocycles. The highest BCUT2D eigenvalue weighted by atomic mass is 35.5. The van der Waals surface area contributed by atoms with Crippen molar-refractivity contribution in [1.29, 1.82) is 0 Å². The van der Waals surface area contributed by atoms with Crippen molar-refractivity contribution in [2.24, 2.45) is 0 Å². The van der Waals surface area contributed by atoms with Gasteiger partial charge >= 0.3 is 0 Å². The van der Waals surface area contributed by atoms with E-state index in [1.807, 2.05) is 37.3 Å². The molecule has 2 aromatic carbocycles. The van der Waals surface area contributed by atoms with Crippen molar-refractivity contribution in [3.05, 3.63) is 64.2 Å². The Morgan fingerprint density at radius 1 is 1.19 bits per heavy atom. The molecule has 108 valence electrons. The van der Waals surface area contributed by atoms with Gasteiger partial charge in [0, 0.05) is 23.6 Å². The Morgan fingerprint density at radius 3 is 2.62 bits per heavy atom. The van der Waals surface area contributed by atoms with Crippen molar-refractivity contribution in [2.75, 3.05) is 0 Å². The second-order valence-electron chi connectivity index (χ2n) is 5.08. The molecule has 2 N–H and O–H groups in total. The van der Waals surface area contributed by atoms with Gasteiger partial charge in [-0.15, -0.1) is 0 Å². The van der Waals surface area contributed by atoms with E-state index < -0.39 is 6.29 Å². The van der Waals surface area contributed by atoms with E-state index in [1.54, 1.807) is 6.07 Å². The van der Waals surface area contributed by atoms with Gasteiger partial charge in [-0.25, -0.2) is 0 Å². The van der Waals surface area contributed by atoms with Gasteiger partial charge < -0.3 is 14.9 Å². The number of aromatic hydroxyl groups is 1. The summed E-state index contributed by atoms with van der Waals surface area (Å²) in [4.78, 5) is 0. The van der Waals surface area contributed by atoms with E-state index in [-0.39, 0.29) is 10.8 Å². The molecule has 3 rings (SSSR count). The molecule has 0 saturated heterocycles. The molecule has 1 heterocycles.